The normalized spacial score (nSPS) is 17.9. The topological polar surface area (TPSA) is 172 Å². The Morgan fingerprint density at radius 2 is 1.66 bits per heavy atom. The quantitative estimate of drug-likeness (QED) is 0.0758. The summed E-state index contributed by atoms with van der Waals surface area (Å²) in [5.41, 5.74) is 7.05. The number of hydrogen-bond donors (Lipinski definition) is 3. The molecule has 2 amide bonds. The number of piperazine rings is 1. The maximum atomic E-state index is 13.6. The minimum atomic E-state index is -2.72. The van der Waals surface area contributed by atoms with Crippen molar-refractivity contribution in [2.24, 2.45) is 7.05 Å². The van der Waals surface area contributed by atoms with Gasteiger partial charge >= 0.3 is 5.69 Å². The van der Waals surface area contributed by atoms with Crippen LogP contribution in [-0.2, 0) is 34.0 Å². The van der Waals surface area contributed by atoms with E-state index >= 15 is 0 Å². The maximum Gasteiger partial charge on any atom is 0.329 e. The number of nitrogens with zero attached hydrogens (tertiary/aromatic N) is 8. The number of pyridine rings is 1. The largest absolute Gasteiger partial charge is 0.492 e. The van der Waals surface area contributed by atoms with Crippen molar-refractivity contribution < 1.29 is 18.9 Å². The number of aromatic nitrogens is 5. The number of aryl methyl sites for hydroxylation is 2. The third-order valence-electron chi connectivity index (χ3n) is 13.5. The lowest BCUT2D eigenvalue weighted by molar-refractivity contribution is -0.135. The van der Waals surface area contributed by atoms with Crippen LogP contribution < -0.4 is 36.6 Å². The van der Waals surface area contributed by atoms with Crippen LogP contribution in [0.2, 0.25) is 0 Å². The molecule has 3 aliphatic heterocycles. The summed E-state index contributed by atoms with van der Waals surface area (Å²) in [6, 6.07) is 17.8. The Balaban J connectivity index is 0.827. The number of rotatable bonds is 14. The van der Waals surface area contributed by atoms with Gasteiger partial charge in [-0.1, -0.05) is 37.3 Å². The fourth-order valence-electron chi connectivity index (χ4n) is 10.2. The number of benzene rings is 3. The number of piperidine rings is 2. The Bertz CT molecular complexity index is 2950. The van der Waals surface area contributed by atoms with Gasteiger partial charge in [0.25, 0.3) is 0 Å². The molecule has 3 N–H and O–H groups in total. The molecule has 1 unspecified atom stereocenters. The van der Waals surface area contributed by atoms with Gasteiger partial charge in [-0.2, -0.15) is 4.98 Å². The van der Waals surface area contributed by atoms with E-state index in [0.29, 0.717) is 41.0 Å². The van der Waals surface area contributed by atoms with Crippen molar-refractivity contribution in [3.8, 4) is 5.75 Å². The van der Waals surface area contributed by atoms with E-state index in [2.05, 4.69) is 81.7 Å². The highest BCUT2D eigenvalue weighted by molar-refractivity contribution is 9.10. The molecule has 0 bridgehead atoms. The number of carbonyl (C=O) groups excluding carboxylic acids is 2. The van der Waals surface area contributed by atoms with Crippen LogP contribution in [0, 0.1) is 0 Å². The Morgan fingerprint density at radius 3 is 2.39 bits per heavy atom. The molecule has 0 aliphatic carbocycles. The molecule has 6 aromatic rings. The lowest BCUT2D eigenvalue weighted by atomic mass is 9.99. The first-order chi connectivity index (χ1) is 32.3. The van der Waals surface area contributed by atoms with Crippen molar-refractivity contribution >= 4 is 91.0 Å². The average Bonchev–Trinajstić information content (AvgIpc) is 3.58. The Hall–Kier alpha value is -5.61. The highest BCUT2D eigenvalue weighted by Gasteiger charge is 2.33. The molecule has 0 saturated carbocycles. The summed E-state index contributed by atoms with van der Waals surface area (Å²) in [7, 11) is -0.953. The number of imidazole rings is 1. The first-order valence-electron chi connectivity index (χ1n) is 23.3. The number of hydrogen-bond acceptors (Lipinski definition) is 13. The second-order valence-corrected chi connectivity index (χ2v) is 22.1. The van der Waals surface area contributed by atoms with Crippen LogP contribution >= 0.6 is 23.1 Å². The Labute approximate surface area is 399 Å². The van der Waals surface area contributed by atoms with E-state index in [1.54, 1.807) is 41.9 Å². The van der Waals surface area contributed by atoms with E-state index < -0.39 is 19.1 Å². The van der Waals surface area contributed by atoms with Crippen molar-refractivity contribution in [2.45, 2.75) is 64.5 Å². The van der Waals surface area contributed by atoms with Gasteiger partial charge in [-0.15, -0.1) is 0 Å². The molecule has 16 nitrogen and oxygen atoms in total. The van der Waals surface area contributed by atoms with E-state index in [1.165, 1.54) is 11.3 Å². The van der Waals surface area contributed by atoms with Crippen LogP contribution in [0.25, 0.3) is 21.9 Å². The van der Waals surface area contributed by atoms with Gasteiger partial charge in [-0.25, -0.2) is 9.78 Å². The van der Waals surface area contributed by atoms with Crippen LogP contribution in [0.4, 0.5) is 28.8 Å². The zero-order chi connectivity index (χ0) is 47.0. The number of halogens is 1. The molecular formula is C49H59BrN11O5P. The van der Waals surface area contributed by atoms with E-state index in [-0.39, 0.29) is 18.0 Å². The monoisotopic (exact) mass is 991 g/mol. The number of anilines is 5. The smallest absolute Gasteiger partial charge is 0.329 e. The van der Waals surface area contributed by atoms with Crippen LogP contribution in [0.1, 0.15) is 56.7 Å². The first-order valence-corrected chi connectivity index (χ1v) is 26.7. The van der Waals surface area contributed by atoms with Crippen LogP contribution in [0.3, 0.4) is 0 Å². The highest BCUT2D eigenvalue weighted by atomic mass is 79.9. The number of para-hydroxylation sites is 2. The molecule has 1 atom stereocenters. The minimum absolute atomic E-state index is 0.219. The standard InChI is InChI=1S/C49H59BrN11O5P/c1-6-31-27-37(54-48-52-29-35(50)46(56-48)53-38-30-51-36-13-9-8-12-34(36)45(38)67(4,5)65)42(66-7-2)28-41(31)60-21-18-33(19-22-60)59-25-23-58(24-26-59)20-17-32-11-10-14-39-44(32)57(3)49(64)61(39)40-15-16-43(62)55-47(40)63/h8-14,27-30,33,40H,6-7,15-26H2,1-5H3,(H,55,62,63)(H2,52,53,54,56). The summed E-state index contributed by atoms with van der Waals surface area (Å²) in [4.78, 5) is 59.8. The zero-order valence-corrected chi connectivity index (χ0v) is 41.3. The van der Waals surface area contributed by atoms with Gasteiger partial charge in [0.2, 0.25) is 17.8 Å². The molecule has 0 radical (unpaired) electrons. The maximum absolute atomic E-state index is 13.6. The summed E-state index contributed by atoms with van der Waals surface area (Å²) in [6.45, 7) is 15.0. The van der Waals surface area contributed by atoms with Crippen molar-refractivity contribution in [3.63, 3.8) is 0 Å². The zero-order valence-electron chi connectivity index (χ0n) is 38.8. The third-order valence-corrected chi connectivity index (χ3v) is 15.7. The van der Waals surface area contributed by atoms with E-state index in [4.69, 9.17) is 9.72 Å². The predicted octanol–water partition coefficient (Wildman–Crippen LogP) is 6.94. The molecule has 6 heterocycles. The third kappa shape index (κ3) is 9.61. The molecule has 3 aromatic heterocycles. The fourth-order valence-corrected chi connectivity index (χ4v) is 11.9. The molecule has 9 rings (SSSR count). The summed E-state index contributed by atoms with van der Waals surface area (Å²) in [5.74, 6) is 0.929. The van der Waals surface area contributed by atoms with E-state index in [9.17, 15) is 18.9 Å². The van der Waals surface area contributed by atoms with Gasteiger partial charge in [-0.3, -0.25) is 33.9 Å². The van der Waals surface area contributed by atoms with Gasteiger partial charge in [0.15, 0.2) is 0 Å². The second-order valence-electron chi connectivity index (χ2n) is 18.1. The number of imide groups is 1. The van der Waals surface area contributed by atoms with Crippen LogP contribution in [-0.4, -0.2) is 117 Å². The van der Waals surface area contributed by atoms with Crippen LogP contribution in [0.15, 0.2) is 76.3 Å². The van der Waals surface area contributed by atoms with Gasteiger partial charge in [0.05, 0.1) is 45.2 Å². The number of ether oxygens (including phenoxy) is 1. The summed E-state index contributed by atoms with van der Waals surface area (Å²) >= 11 is 3.62. The number of fused-ring (bicyclic) bond motifs is 2. The predicted molar refractivity (Wildman–Crippen MR) is 270 cm³/mol. The summed E-state index contributed by atoms with van der Waals surface area (Å²) in [5, 5.41) is 10.8. The van der Waals surface area contributed by atoms with Crippen molar-refractivity contribution in [3.05, 3.63) is 93.1 Å². The molecule has 3 aliphatic rings. The van der Waals surface area contributed by atoms with Gasteiger partial charge in [0, 0.05) is 94.0 Å². The molecule has 18 heteroatoms. The van der Waals surface area contributed by atoms with Crippen molar-refractivity contribution in [1.29, 1.82) is 0 Å². The Kier molecular flexibility index (Phi) is 13.6. The van der Waals surface area contributed by atoms with Crippen LogP contribution in [0.5, 0.6) is 5.75 Å². The Morgan fingerprint density at radius 1 is 0.881 bits per heavy atom. The van der Waals surface area contributed by atoms with E-state index in [1.807, 2.05) is 43.3 Å². The fraction of sp³-hybridized carbons (Fsp3) is 0.429. The molecule has 3 saturated heterocycles. The van der Waals surface area contributed by atoms with Crippen molar-refractivity contribution in [1.82, 2.24) is 39.2 Å². The second kappa shape index (κ2) is 19.5. The summed E-state index contributed by atoms with van der Waals surface area (Å²) in [6.07, 6.45) is 7.75. The van der Waals surface area contributed by atoms with Gasteiger partial charge < -0.3 is 29.7 Å². The highest BCUT2D eigenvalue weighted by Crippen LogP contribution is 2.42. The number of carbonyl (C=O) groups is 2. The molecule has 0 spiro atoms. The molecule has 352 valence electrons. The van der Waals surface area contributed by atoms with Gasteiger partial charge in [-0.05, 0) is 97.6 Å². The van der Waals surface area contributed by atoms with Gasteiger partial charge in [0.1, 0.15) is 24.8 Å². The van der Waals surface area contributed by atoms with E-state index in [0.717, 1.165) is 116 Å². The molecule has 3 fully saturated rings. The minimum Gasteiger partial charge on any atom is -0.492 e. The molecule has 67 heavy (non-hydrogen) atoms. The lowest BCUT2D eigenvalue weighted by Gasteiger charge is -2.43. The first kappa shape index (κ1) is 46.5. The average molecular weight is 993 g/mol. The SMILES string of the molecule is CCOc1cc(N2CCC(N3CCN(CCc4cccc5c4n(C)c(=O)n5C4CCC(=O)NC4=O)CC3)CC2)c(CC)cc1Nc1ncc(Br)c(Nc2cnc3ccccc3c2P(C)(C)=O)n1. The number of nitrogens with one attached hydrogen (secondary N) is 3. The molecule has 3 aromatic carbocycles. The molecular weight excluding hydrogens is 933 g/mol. The van der Waals surface area contributed by atoms with Crippen molar-refractivity contribution in [2.75, 3.05) is 81.3 Å². The number of amides is 2. The lowest BCUT2D eigenvalue weighted by Crippen LogP contribution is -2.53. The summed E-state index contributed by atoms with van der Waals surface area (Å²) < 4.78 is 23.7.